The van der Waals surface area contributed by atoms with Crippen LogP contribution in [0, 0.1) is 0 Å². The normalized spacial score (nSPS) is 10.9. The Bertz CT molecular complexity index is 726. The van der Waals surface area contributed by atoms with Crippen LogP contribution in [0.3, 0.4) is 0 Å². The van der Waals surface area contributed by atoms with Crippen LogP contribution >= 0.6 is 15.9 Å². The topological polar surface area (TPSA) is 0 Å². The molecule has 0 nitrogen and oxygen atoms in total. The van der Waals surface area contributed by atoms with Crippen LogP contribution in [0.15, 0.2) is 61.2 Å². The number of benzene rings is 3. The zero-order valence-electron chi connectivity index (χ0n) is 9.28. The smallest absolute Gasteiger partial charge is 0.0182 e. The van der Waals surface area contributed by atoms with Gasteiger partial charge in [-0.1, -0.05) is 77.1 Å². The molecule has 0 amide bonds. The highest BCUT2D eigenvalue weighted by Crippen LogP contribution is 2.32. The molecule has 82 valence electrons. The Morgan fingerprint density at radius 3 is 2.35 bits per heavy atom. The van der Waals surface area contributed by atoms with Crippen molar-refractivity contribution in [3.05, 3.63) is 66.7 Å². The minimum absolute atomic E-state index is 0.929. The van der Waals surface area contributed by atoms with E-state index < -0.39 is 0 Å². The summed E-state index contributed by atoms with van der Waals surface area (Å²) in [5.41, 5.74) is 1.16. The van der Waals surface area contributed by atoms with E-state index in [1.165, 1.54) is 21.5 Å². The Kier molecular flexibility index (Phi) is 2.49. The summed E-state index contributed by atoms with van der Waals surface area (Å²) in [5.74, 6) is 0. The lowest BCUT2D eigenvalue weighted by molar-refractivity contribution is 1.73. The summed E-state index contributed by atoms with van der Waals surface area (Å²) in [6.45, 7) is 3.97. The second kappa shape index (κ2) is 4.01. The number of hydrogen-bond donors (Lipinski definition) is 0. The average Bonchev–Trinajstić information content (AvgIpc) is 2.37. The van der Waals surface area contributed by atoms with Crippen molar-refractivity contribution in [3.63, 3.8) is 0 Å². The summed E-state index contributed by atoms with van der Waals surface area (Å²) in [7, 11) is 0. The summed E-state index contributed by atoms with van der Waals surface area (Å²) in [5, 5.41) is 5.09. The molecule has 1 heteroatoms. The van der Waals surface area contributed by atoms with Gasteiger partial charge in [0.15, 0.2) is 0 Å². The summed E-state index contributed by atoms with van der Waals surface area (Å²) in [4.78, 5) is 0. The Labute approximate surface area is 109 Å². The fraction of sp³-hybridized carbons (Fsp3) is 0. The van der Waals surface area contributed by atoms with Crippen LogP contribution in [0.25, 0.3) is 26.0 Å². The lowest BCUT2D eigenvalue weighted by Gasteiger charge is -2.08. The maximum Gasteiger partial charge on any atom is 0.0182 e. The van der Waals surface area contributed by atoms with Gasteiger partial charge in [0.1, 0.15) is 0 Å². The first kappa shape index (κ1) is 10.5. The molecule has 3 rings (SSSR count). The van der Waals surface area contributed by atoms with Crippen molar-refractivity contribution in [1.29, 1.82) is 0 Å². The Hall–Kier alpha value is -1.60. The minimum atomic E-state index is 0.929. The number of hydrogen-bond acceptors (Lipinski definition) is 0. The molecule has 0 spiro atoms. The van der Waals surface area contributed by atoms with E-state index >= 15 is 0 Å². The predicted octanol–water partition coefficient (Wildman–Crippen LogP) is 5.36. The predicted molar refractivity (Wildman–Crippen MR) is 79.4 cm³/mol. The van der Waals surface area contributed by atoms with E-state index in [0.717, 1.165) is 10.0 Å². The zero-order valence-corrected chi connectivity index (χ0v) is 10.9. The highest BCUT2D eigenvalue weighted by atomic mass is 79.9. The van der Waals surface area contributed by atoms with E-state index in [0.29, 0.717) is 0 Å². The number of halogens is 1. The highest BCUT2D eigenvalue weighted by molar-refractivity contribution is 9.15. The monoisotopic (exact) mass is 282 g/mol. The van der Waals surface area contributed by atoms with Gasteiger partial charge < -0.3 is 0 Å². The molecule has 0 saturated carbocycles. The first-order chi connectivity index (χ1) is 8.27. The molecule has 17 heavy (non-hydrogen) atoms. The average molecular weight is 283 g/mol. The molecule has 0 heterocycles. The van der Waals surface area contributed by atoms with Gasteiger partial charge in [-0.25, -0.2) is 0 Å². The molecule has 3 aromatic carbocycles. The van der Waals surface area contributed by atoms with Crippen molar-refractivity contribution in [3.8, 4) is 0 Å². The van der Waals surface area contributed by atoms with E-state index in [9.17, 15) is 0 Å². The van der Waals surface area contributed by atoms with Crippen LogP contribution in [0.1, 0.15) is 5.56 Å². The molecule has 0 aliphatic heterocycles. The van der Waals surface area contributed by atoms with Crippen molar-refractivity contribution in [1.82, 2.24) is 0 Å². The van der Waals surface area contributed by atoms with Crippen LogP contribution in [-0.4, -0.2) is 0 Å². The maximum atomic E-state index is 3.97. The van der Waals surface area contributed by atoms with Gasteiger partial charge in [-0.2, -0.15) is 0 Å². The fourth-order valence-electron chi connectivity index (χ4n) is 2.28. The van der Waals surface area contributed by atoms with E-state index in [1.54, 1.807) is 0 Å². The standard InChI is InChI=1S/C16H11Br/c1-11(17)13-7-4-8-15-14-6-3-2-5-12(14)9-10-16(13)15/h2-10H,1H2. The molecule has 0 radical (unpaired) electrons. The molecule has 0 aromatic heterocycles. The molecule has 3 aromatic rings. The van der Waals surface area contributed by atoms with Crippen molar-refractivity contribution < 1.29 is 0 Å². The second-order valence-corrected chi connectivity index (χ2v) is 5.05. The SMILES string of the molecule is C=C(Br)c1cccc2c1ccc1ccccc12. The molecule has 0 aliphatic carbocycles. The first-order valence-electron chi connectivity index (χ1n) is 5.52. The van der Waals surface area contributed by atoms with Crippen LogP contribution in [0.5, 0.6) is 0 Å². The van der Waals surface area contributed by atoms with Crippen LogP contribution in [0.4, 0.5) is 0 Å². The molecule has 0 unspecified atom stereocenters. The van der Waals surface area contributed by atoms with Gasteiger partial charge >= 0.3 is 0 Å². The number of rotatable bonds is 1. The fourth-order valence-corrected chi connectivity index (χ4v) is 2.62. The largest absolute Gasteiger partial charge is 0.0841 e. The summed E-state index contributed by atoms with van der Waals surface area (Å²) in [6, 6.07) is 19.1. The summed E-state index contributed by atoms with van der Waals surface area (Å²) >= 11 is 3.47. The summed E-state index contributed by atoms with van der Waals surface area (Å²) in [6.07, 6.45) is 0. The van der Waals surface area contributed by atoms with Crippen LogP contribution in [-0.2, 0) is 0 Å². The van der Waals surface area contributed by atoms with Crippen molar-refractivity contribution >= 4 is 42.0 Å². The molecular formula is C16H11Br. The van der Waals surface area contributed by atoms with Gasteiger partial charge in [0.25, 0.3) is 0 Å². The van der Waals surface area contributed by atoms with Gasteiger partial charge in [-0.05, 0) is 27.1 Å². The minimum Gasteiger partial charge on any atom is -0.0841 e. The molecule has 0 fully saturated rings. The third-order valence-electron chi connectivity index (χ3n) is 3.08. The molecule has 0 bridgehead atoms. The molecule has 0 saturated heterocycles. The first-order valence-corrected chi connectivity index (χ1v) is 6.32. The molecule has 0 atom stereocenters. The van der Waals surface area contributed by atoms with Crippen molar-refractivity contribution in [2.45, 2.75) is 0 Å². The van der Waals surface area contributed by atoms with Crippen LogP contribution in [0.2, 0.25) is 0 Å². The molecular weight excluding hydrogens is 272 g/mol. The Balaban J connectivity index is 2.52. The Morgan fingerprint density at radius 2 is 1.53 bits per heavy atom. The van der Waals surface area contributed by atoms with Gasteiger partial charge in [0.05, 0.1) is 0 Å². The van der Waals surface area contributed by atoms with E-state index in [2.05, 4.69) is 77.1 Å². The third-order valence-corrected chi connectivity index (χ3v) is 3.51. The maximum absolute atomic E-state index is 3.97. The van der Waals surface area contributed by atoms with Gasteiger partial charge in [-0.15, -0.1) is 0 Å². The summed E-state index contributed by atoms with van der Waals surface area (Å²) < 4.78 is 0.929. The van der Waals surface area contributed by atoms with E-state index in [-0.39, 0.29) is 0 Å². The zero-order chi connectivity index (χ0) is 11.8. The lowest BCUT2D eigenvalue weighted by Crippen LogP contribution is -1.82. The van der Waals surface area contributed by atoms with Crippen molar-refractivity contribution in [2.75, 3.05) is 0 Å². The number of fused-ring (bicyclic) bond motifs is 3. The second-order valence-electron chi connectivity index (χ2n) is 4.09. The molecule has 0 N–H and O–H groups in total. The Morgan fingerprint density at radius 1 is 0.765 bits per heavy atom. The quantitative estimate of drug-likeness (QED) is 0.527. The van der Waals surface area contributed by atoms with E-state index in [1.807, 2.05) is 0 Å². The lowest BCUT2D eigenvalue weighted by atomic mass is 9.98. The molecule has 0 aliphatic rings. The van der Waals surface area contributed by atoms with Crippen molar-refractivity contribution in [2.24, 2.45) is 0 Å². The van der Waals surface area contributed by atoms with Gasteiger partial charge in [0, 0.05) is 4.48 Å². The van der Waals surface area contributed by atoms with Crippen LogP contribution < -0.4 is 0 Å². The highest BCUT2D eigenvalue weighted by Gasteiger charge is 2.04. The van der Waals surface area contributed by atoms with Gasteiger partial charge in [0.2, 0.25) is 0 Å². The van der Waals surface area contributed by atoms with Gasteiger partial charge in [-0.3, -0.25) is 0 Å². The van der Waals surface area contributed by atoms with E-state index in [4.69, 9.17) is 0 Å². The third kappa shape index (κ3) is 1.67.